The van der Waals surface area contributed by atoms with Gasteiger partial charge in [-0.1, -0.05) is 0 Å². The van der Waals surface area contributed by atoms with Crippen LogP contribution >= 0.6 is 0 Å². The number of nitrogens with zero attached hydrogens (tertiary/aromatic N) is 1. The number of H-pyrrole nitrogens is 1. The molecule has 0 saturated heterocycles. The highest BCUT2D eigenvalue weighted by atomic mass is 16.2. The second kappa shape index (κ2) is 3.70. The molecule has 0 aliphatic carbocycles. The molecule has 1 rings (SSSR count). The Morgan fingerprint density at radius 3 is 2.85 bits per heavy atom. The number of likely N-dealkylation sites (N-methyl/N-ethyl adjacent to an activating group) is 1. The first-order chi connectivity index (χ1) is 6.13. The maximum atomic E-state index is 11.0. The van der Waals surface area contributed by atoms with Gasteiger partial charge >= 0.3 is 5.69 Å². The maximum absolute atomic E-state index is 11.0. The van der Waals surface area contributed by atoms with Crippen molar-refractivity contribution in [3.05, 3.63) is 33.1 Å². The number of carbonyl (C=O) groups excluding carboxylic acids is 1. The molecular weight excluding hydrogens is 174 g/mol. The molecule has 0 saturated carbocycles. The molecule has 1 aromatic heterocycles. The summed E-state index contributed by atoms with van der Waals surface area (Å²) in [5, 5.41) is 2.36. The van der Waals surface area contributed by atoms with E-state index in [9.17, 15) is 14.4 Å². The van der Waals surface area contributed by atoms with Crippen LogP contribution in [0.4, 0.5) is 0 Å². The number of hydrogen-bond donors (Lipinski definition) is 2. The lowest BCUT2D eigenvalue weighted by molar-refractivity contribution is -0.121. The summed E-state index contributed by atoms with van der Waals surface area (Å²) in [6, 6.07) is 1.18. The highest BCUT2D eigenvalue weighted by molar-refractivity contribution is 5.75. The van der Waals surface area contributed by atoms with E-state index in [-0.39, 0.29) is 12.5 Å². The number of carbonyl (C=O) groups is 1. The van der Waals surface area contributed by atoms with Gasteiger partial charge in [0.15, 0.2) is 0 Å². The van der Waals surface area contributed by atoms with Gasteiger partial charge in [-0.3, -0.25) is 19.1 Å². The largest absolute Gasteiger partial charge is 0.358 e. The highest BCUT2D eigenvalue weighted by Gasteiger charge is 2.01. The highest BCUT2D eigenvalue weighted by Crippen LogP contribution is 1.75. The van der Waals surface area contributed by atoms with Crippen molar-refractivity contribution in [2.24, 2.45) is 0 Å². The Kier molecular flexibility index (Phi) is 2.63. The van der Waals surface area contributed by atoms with Crippen LogP contribution in [0.2, 0.25) is 0 Å². The van der Waals surface area contributed by atoms with E-state index < -0.39 is 11.2 Å². The van der Waals surface area contributed by atoms with Gasteiger partial charge in [-0.05, 0) is 0 Å². The molecule has 2 N–H and O–H groups in total. The van der Waals surface area contributed by atoms with Crippen LogP contribution in [-0.4, -0.2) is 22.5 Å². The van der Waals surface area contributed by atoms with Crippen molar-refractivity contribution in [2.75, 3.05) is 7.05 Å². The second-order valence-electron chi connectivity index (χ2n) is 2.41. The van der Waals surface area contributed by atoms with Crippen LogP contribution in [0.15, 0.2) is 21.9 Å². The van der Waals surface area contributed by atoms with Crippen LogP contribution in [-0.2, 0) is 11.3 Å². The van der Waals surface area contributed by atoms with Crippen LogP contribution < -0.4 is 16.6 Å². The molecule has 1 aromatic rings. The van der Waals surface area contributed by atoms with E-state index in [1.807, 2.05) is 4.98 Å². The Labute approximate surface area is 73.2 Å². The van der Waals surface area contributed by atoms with Gasteiger partial charge in [0.05, 0.1) is 0 Å². The van der Waals surface area contributed by atoms with Crippen molar-refractivity contribution < 1.29 is 4.79 Å². The van der Waals surface area contributed by atoms with Crippen molar-refractivity contribution in [1.82, 2.24) is 14.9 Å². The molecule has 1 heterocycles. The van der Waals surface area contributed by atoms with Crippen molar-refractivity contribution in [3.63, 3.8) is 0 Å². The van der Waals surface area contributed by atoms with E-state index in [0.717, 1.165) is 4.57 Å². The van der Waals surface area contributed by atoms with Crippen LogP contribution in [0.1, 0.15) is 0 Å². The summed E-state index contributed by atoms with van der Waals surface area (Å²) in [4.78, 5) is 34.5. The lowest BCUT2D eigenvalue weighted by atomic mass is 10.5. The molecule has 0 fully saturated rings. The van der Waals surface area contributed by atoms with Crippen molar-refractivity contribution in [2.45, 2.75) is 6.54 Å². The van der Waals surface area contributed by atoms with E-state index in [1.165, 1.54) is 19.3 Å². The van der Waals surface area contributed by atoms with Gasteiger partial charge in [-0.25, -0.2) is 4.79 Å². The molecule has 0 unspecified atom stereocenters. The Morgan fingerprint density at radius 1 is 1.62 bits per heavy atom. The number of aromatic nitrogens is 2. The van der Waals surface area contributed by atoms with Gasteiger partial charge in [0.2, 0.25) is 5.91 Å². The van der Waals surface area contributed by atoms with Gasteiger partial charge < -0.3 is 5.32 Å². The van der Waals surface area contributed by atoms with Gasteiger partial charge in [0.1, 0.15) is 6.54 Å². The van der Waals surface area contributed by atoms with Crippen molar-refractivity contribution >= 4 is 5.91 Å². The summed E-state index contributed by atoms with van der Waals surface area (Å²) in [5.41, 5.74) is -1.06. The monoisotopic (exact) mass is 183 g/mol. The average Bonchev–Trinajstić information content (AvgIpc) is 2.09. The Morgan fingerprint density at radius 2 is 2.31 bits per heavy atom. The number of nitrogens with one attached hydrogen (secondary N) is 2. The Balaban J connectivity index is 2.97. The normalized spacial score (nSPS) is 9.62. The summed E-state index contributed by atoms with van der Waals surface area (Å²) in [6.45, 7) is -0.0912. The molecule has 13 heavy (non-hydrogen) atoms. The molecule has 6 nitrogen and oxygen atoms in total. The minimum absolute atomic E-state index is 0.0912. The zero-order chi connectivity index (χ0) is 9.84. The van der Waals surface area contributed by atoms with Crippen LogP contribution in [0.5, 0.6) is 0 Å². The first kappa shape index (κ1) is 9.24. The molecular formula is C7H9N3O3. The maximum Gasteiger partial charge on any atom is 0.328 e. The molecule has 0 bridgehead atoms. The first-order valence-electron chi connectivity index (χ1n) is 3.64. The fourth-order valence-corrected chi connectivity index (χ4v) is 0.803. The summed E-state index contributed by atoms with van der Waals surface area (Å²) in [6.07, 6.45) is 1.27. The third-order valence-electron chi connectivity index (χ3n) is 1.49. The molecule has 0 spiro atoms. The fourth-order valence-electron chi connectivity index (χ4n) is 0.803. The SMILES string of the molecule is CNC(=O)Cn1ccc(=O)[nH]c1=O. The predicted octanol–water partition coefficient (Wildman–Crippen LogP) is -1.72. The molecule has 70 valence electrons. The molecule has 1 amide bonds. The summed E-state index contributed by atoms with van der Waals surface area (Å²) < 4.78 is 1.11. The van der Waals surface area contributed by atoms with Gasteiger partial charge in [0, 0.05) is 19.3 Å². The minimum atomic E-state index is -0.587. The van der Waals surface area contributed by atoms with Crippen LogP contribution in [0, 0.1) is 0 Å². The topological polar surface area (TPSA) is 84.0 Å². The smallest absolute Gasteiger partial charge is 0.328 e. The lowest BCUT2D eigenvalue weighted by Gasteiger charge is -2.01. The Hall–Kier alpha value is -1.85. The average molecular weight is 183 g/mol. The number of aromatic amines is 1. The molecule has 0 aliphatic heterocycles. The second-order valence-corrected chi connectivity index (χ2v) is 2.41. The van der Waals surface area contributed by atoms with Crippen molar-refractivity contribution in [1.29, 1.82) is 0 Å². The third-order valence-corrected chi connectivity index (χ3v) is 1.49. The van der Waals surface area contributed by atoms with Gasteiger partial charge in [-0.15, -0.1) is 0 Å². The zero-order valence-electron chi connectivity index (χ0n) is 7.03. The van der Waals surface area contributed by atoms with Crippen LogP contribution in [0.25, 0.3) is 0 Å². The fraction of sp³-hybridized carbons (Fsp3) is 0.286. The first-order valence-corrected chi connectivity index (χ1v) is 3.64. The lowest BCUT2D eigenvalue weighted by Crippen LogP contribution is -2.34. The Bertz CT molecular complexity index is 417. The van der Waals surface area contributed by atoms with Crippen molar-refractivity contribution in [3.8, 4) is 0 Å². The predicted molar refractivity (Wildman–Crippen MR) is 45.4 cm³/mol. The van der Waals surface area contributed by atoms with Crippen LogP contribution in [0.3, 0.4) is 0 Å². The molecule has 6 heteroatoms. The number of amides is 1. The van der Waals surface area contributed by atoms with E-state index >= 15 is 0 Å². The third kappa shape index (κ3) is 2.29. The summed E-state index contributed by atoms with van der Waals surface area (Å²) in [7, 11) is 1.47. The summed E-state index contributed by atoms with van der Waals surface area (Å²) in [5.74, 6) is -0.297. The standard InChI is InChI=1S/C7H9N3O3/c1-8-6(12)4-10-3-2-5(11)9-7(10)13/h2-3H,4H2,1H3,(H,8,12)(H,9,11,13). The summed E-state index contributed by atoms with van der Waals surface area (Å²) >= 11 is 0. The van der Waals surface area contributed by atoms with Gasteiger partial charge in [-0.2, -0.15) is 0 Å². The molecule has 0 radical (unpaired) electrons. The number of rotatable bonds is 2. The van der Waals surface area contributed by atoms with E-state index in [0.29, 0.717) is 0 Å². The van der Waals surface area contributed by atoms with E-state index in [2.05, 4.69) is 5.32 Å². The number of hydrogen-bond acceptors (Lipinski definition) is 3. The molecule has 0 aromatic carbocycles. The van der Waals surface area contributed by atoms with E-state index in [1.54, 1.807) is 0 Å². The molecule has 0 aliphatic rings. The molecule has 0 atom stereocenters. The minimum Gasteiger partial charge on any atom is -0.358 e. The quantitative estimate of drug-likeness (QED) is 0.572. The van der Waals surface area contributed by atoms with Gasteiger partial charge in [0.25, 0.3) is 5.56 Å². The van der Waals surface area contributed by atoms with E-state index in [4.69, 9.17) is 0 Å². The zero-order valence-corrected chi connectivity index (χ0v) is 7.03.